The largest absolute Gasteiger partial charge is 0.444 e. The minimum atomic E-state index is -0.782. The number of nitrogens with one attached hydrogen (secondary N) is 1. The molecule has 0 aliphatic heterocycles. The van der Waals surface area contributed by atoms with Gasteiger partial charge in [0.15, 0.2) is 5.13 Å². The van der Waals surface area contributed by atoms with Gasteiger partial charge in [-0.15, -0.1) is 11.3 Å². The van der Waals surface area contributed by atoms with Crippen LogP contribution in [0.4, 0.5) is 20.6 Å². The highest BCUT2D eigenvalue weighted by molar-refractivity contribution is 7.13. The van der Waals surface area contributed by atoms with Gasteiger partial charge in [-0.3, -0.25) is 15.4 Å². The molecule has 23 heavy (non-hydrogen) atoms. The summed E-state index contributed by atoms with van der Waals surface area (Å²) in [6.45, 7) is 5.07. The first-order valence-electron chi connectivity index (χ1n) is 6.70. The van der Waals surface area contributed by atoms with Gasteiger partial charge in [-0.25, -0.2) is 4.79 Å². The number of benzene rings is 1. The number of halogens is 1. The first kappa shape index (κ1) is 16.9. The second-order valence-electron chi connectivity index (χ2n) is 5.72. The summed E-state index contributed by atoms with van der Waals surface area (Å²) < 4.78 is 18.2. The normalized spacial score (nSPS) is 11.1. The van der Waals surface area contributed by atoms with Crippen molar-refractivity contribution < 1.29 is 18.8 Å². The van der Waals surface area contributed by atoms with E-state index in [2.05, 4.69) is 5.32 Å². The molecule has 2 rings (SSSR count). The van der Waals surface area contributed by atoms with E-state index in [4.69, 9.17) is 4.74 Å². The molecule has 0 bridgehead atoms. The molecule has 0 fully saturated rings. The number of rotatable bonds is 3. The molecule has 2 aromatic rings. The summed E-state index contributed by atoms with van der Waals surface area (Å²) in [4.78, 5) is 22.9. The molecule has 1 aromatic carbocycles. The number of carbonyl (C=O) groups is 1. The Hall–Kier alpha value is -2.48. The molecule has 0 atom stereocenters. The van der Waals surface area contributed by atoms with Crippen molar-refractivity contribution in [1.82, 2.24) is 0 Å². The zero-order chi connectivity index (χ0) is 17.2. The molecule has 1 N–H and O–H groups in total. The molecular weight excluding hydrogens is 323 g/mol. The lowest BCUT2D eigenvalue weighted by atomic mass is 10.1. The van der Waals surface area contributed by atoms with Crippen LogP contribution in [0.1, 0.15) is 20.8 Å². The number of nitro benzene ring substituents is 1. The Morgan fingerprint density at radius 3 is 2.52 bits per heavy atom. The third-order valence-electron chi connectivity index (χ3n) is 2.69. The summed E-state index contributed by atoms with van der Waals surface area (Å²) in [6, 6.07) is 7.09. The molecule has 0 spiro atoms. The van der Waals surface area contributed by atoms with Gasteiger partial charge in [0.25, 0.3) is 5.69 Å². The Morgan fingerprint density at radius 2 is 2.00 bits per heavy atom. The maximum absolute atomic E-state index is 13.1. The number of amides is 1. The van der Waals surface area contributed by atoms with Crippen LogP contribution in [0.5, 0.6) is 0 Å². The standard InChI is InChI=1S/C15H15FN2O4S/c1-15(2,3)22-14(19)17-10-5-4-9(8-11(10)18(20)21)12-6-7-13(16)23-12/h4-8H,1-3H3,(H,17,19). The molecule has 1 heterocycles. The lowest BCUT2D eigenvalue weighted by Crippen LogP contribution is -2.27. The fourth-order valence-electron chi connectivity index (χ4n) is 1.82. The van der Waals surface area contributed by atoms with Crippen LogP contribution >= 0.6 is 11.3 Å². The van der Waals surface area contributed by atoms with Gasteiger partial charge in [0, 0.05) is 10.9 Å². The van der Waals surface area contributed by atoms with Crippen LogP contribution in [0.2, 0.25) is 0 Å². The molecule has 0 radical (unpaired) electrons. The van der Waals surface area contributed by atoms with Crippen molar-refractivity contribution >= 4 is 28.8 Å². The highest BCUT2D eigenvalue weighted by Gasteiger charge is 2.21. The first-order chi connectivity index (χ1) is 10.7. The number of nitrogens with zero attached hydrogens (tertiary/aromatic N) is 1. The van der Waals surface area contributed by atoms with E-state index in [1.54, 1.807) is 32.9 Å². The number of thiophene rings is 1. The second kappa shape index (κ2) is 6.33. The van der Waals surface area contributed by atoms with Crippen molar-refractivity contribution in [1.29, 1.82) is 0 Å². The molecule has 1 amide bonds. The van der Waals surface area contributed by atoms with E-state index in [1.807, 2.05) is 0 Å². The second-order valence-corrected chi connectivity index (χ2v) is 6.75. The van der Waals surface area contributed by atoms with Crippen LogP contribution in [-0.2, 0) is 4.74 Å². The van der Waals surface area contributed by atoms with E-state index in [-0.39, 0.29) is 16.5 Å². The lowest BCUT2D eigenvalue weighted by molar-refractivity contribution is -0.383. The molecule has 0 aliphatic rings. The van der Waals surface area contributed by atoms with E-state index in [0.717, 1.165) is 11.3 Å². The van der Waals surface area contributed by atoms with E-state index in [9.17, 15) is 19.3 Å². The lowest BCUT2D eigenvalue weighted by Gasteiger charge is -2.19. The average molecular weight is 338 g/mol. The van der Waals surface area contributed by atoms with Gasteiger partial charge >= 0.3 is 6.09 Å². The van der Waals surface area contributed by atoms with Crippen LogP contribution < -0.4 is 5.32 Å². The maximum Gasteiger partial charge on any atom is 0.412 e. The van der Waals surface area contributed by atoms with Gasteiger partial charge in [0.2, 0.25) is 0 Å². The molecule has 0 aliphatic carbocycles. The average Bonchev–Trinajstić information content (AvgIpc) is 2.83. The molecular formula is C15H15FN2O4S. The molecule has 6 nitrogen and oxygen atoms in total. The highest BCUT2D eigenvalue weighted by Crippen LogP contribution is 2.34. The van der Waals surface area contributed by atoms with E-state index in [0.29, 0.717) is 10.4 Å². The summed E-state index contributed by atoms with van der Waals surface area (Å²) in [5.41, 5.74) is -0.486. The Balaban J connectivity index is 2.30. The molecule has 0 saturated heterocycles. The fourth-order valence-corrected chi connectivity index (χ4v) is 2.55. The molecule has 1 aromatic heterocycles. The van der Waals surface area contributed by atoms with Crippen molar-refractivity contribution in [3.05, 3.63) is 45.6 Å². The first-order valence-corrected chi connectivity index (χ1v) is 7.51. The van der Waals surface area contributed by atoms with E-state index in [1.165, 1.54) is 18.2 Å². The number of hydrogen-bond donors (Lipinski definition) is 1. The molecule has 0 saturated carbocycles. The number of carbonyl (C=O) groups excluding carboxylic acids is 1. The van der Waals surface area contributed by atoms with Gasteiger partial charge in [0.1, 0.15) is 11.3 Å². The Kier molecular flexibility index (Phi) is 4.65. The SMILES string of the molecule is CC(C)(C)OC(=O)Nc1ccc(-c2ccc(F)s2)cc1[N+](=O)[O-]. The molecule has 122 valence electrons. The van der Waals surface area contributed by atoms with Gasteiger partial charge in [-0.1, -0.05) is 6.07 Å². The van der Waals surface area contributed by atoms with Crippen LogP contribution in [-0.4, -0.2) is 16.6 Å². The van der Waals surface area contributed by atoms with Gasteiger partial charge in [-0.2, -0.15) is 4.39 Å². The number of anilines is 1. The number of ether oxygens (including phenoxy) is 1. The Labute approximate surface area is 136 Å². The zero-order valence-electron chi connectivity index (χ0n) is 12.8. The monoisotopic (exact) mass is 338 g/mol. The topological polar surface area (TPSA) is 81.5 Å². The number of nitro groups is 1. The van der Waals surface area contributed by atoms with Crippen molar-refractivity contribution in [3.8, 4) is 10.4 Å². The summed E-state index contributed by atoms with van der Waals surface area (Å²) in [5, 5.41) is 13.2. The van der Waals surface area contributed by atoms with E-state index < -0.39 is 16.6 Å². The zero-order valence-corrected chi connectivity index (χ0v) is 13.6. The highest BCUT2D eigenvalue weighted by atomic mass is 32.1. The molecule has 0 unspecified atom stereocenters. The van der Waals surface area contributed by atoms with Crippen molar-refractivity contribution in [3.63, 3.8) is 0 Å². The van der Waals surface area contributed by atoms with Crippen LogP contribution in [0.15, 0.2) is 30.3 Å². The fraction of sp³-hybridized carbons (Fsp3) is 0.267. The predicted octanol–water partition coefficient (Wildman–Crippen LogP) is 4.81. The molecule has 8 heteroatoms. The van der Waals surface area contributed by atoms with Gasteiger partial charge in [0.05, 0.1) is 4.92 Å². The summed E-state index contributed by atoms with van der Waals surface area (Å²) in [6.07, 6.45) is -0.782. The minimum Gasteiger partial charge on any atom is -0.444 e. The maximum atomic E-state index is 13.1. The van der Waals surface area contributed by atoms with Gasteiger partial charge < -0.3 is 4.74 Å². The van der Waals surface area contributed by atoms with Crippen molar-refractivity contribution in [2.24, 2.45) is 0 Å². The van der Waals surface area contributed by atoms with Crippen molar-refractivity contribution in [2.45, 2.75) is 26.4 Å². The summed E-state index contributed by atoms with van der Waals surface area (Å²) >= 11 is 0.888. The van der Waals surface area contributed by atoms with Gasteiger partial charge in [-0.05, 0) is 44.5 Å². The summed E-state index contributed by atoms with van der Waals surface area (Å²) in [5.74, 6) is 0. The van der Waals surface area contributed by atoms with Crippen LogP contribution in [0, 0.1) is 15.2 Å². The Morgan fingerprint density at radius 1 is 1.30 bits per heavy atom. The third-order valence-corrected chi connectivity index (χ3v) is 3.61. The summed E-state index contributed by atoms with van der Waals surface area (Å²) in [7, 11) is 0. The quantitative estimate of drug-likeness (QED) is 0.643. The van der Waals surface area contributed by atoms with E-state index >= 15 is 0 Å². The predicted molar refractivity (Wildman–Crippen MR) is 86.2 cm³/mol. The van der Waals surface area contributed by atoms with Crippen LogP contribution in [0.25, 0.3) is 10.4 Å². The third kappa shape index (κ3) is 4.49. The Bertz CT molecular complexity index is 752. The number of hydrogen-bond acceptors (Lipinski definition) is 5. The minimum absolute atomic E-state index is 0.0185. The van der Waals surface area contributed by atoms with Crippen molar-refractivity contribution in [2.75, 3.05) is 5.32 Å². The van der Waals surface area contributed by atoms with Crippen LogP contribution in [0.3, 0.4) is 0 Å². The smallest absolute Gasteiger partial charge is 0.412 e.